The molecule has 0 radical (unpaired) electrons. The summed E-state index contributed by atoms with van der Waals surface area (Å²) < 4.78 is 43.3. The first-order valence-corrected chi connectivity index (χ1v) is 9.37. The number of halogens is 3. The van der Waals surface area contributed by atoms with Gasteiger partial charge in [0, 0.05) is 45.1 Å². The molecule has 1 aromatic rings. The van der Waals surface area contributed by atoms with E-state index in [4.69, 9.17) is 4.74 Å². The van der Waals surface area contributed by atoms with E-state index in [1.54, 1.807) is 0 Å². The lowest BCUT2D eigenvalue weighted by Crippen LogP contribution is -2.40. The molecule has 1 N–H and O–H groups in total. The van der Waals surface area contributed by atoms with Gasteiger partial charge in [0.2, 0.25) is 0 Å². The van der Waals surface area contributed by atoms with Crippen LogP contribution in [0, 0.1) is 5.92 Å². The predicted octanol–water partition coefficient (Wildman–Crippen LogP) is 3.03. The van der Waals surface area contributed by atoms with E-state index in [9.17, 15) is 13.2 Å². The molecular formula is C16H25F3N4OS. The van der Waals surface area contributed by atoms with Crippen LogP contribution in [0.3, 0.4) is 0 Å². The first-order valence-electron chi connectivity index (χ1n) is 8.49. The van der Waals surface area contributed by atoms with Gasteiger partial charge in [-0.05, 0) is 25.7 Å². The monoisotopic (exact) mass is 378 g/mol. The number of ether oxygens (including phenoxy) is 1. The van der Waals surface area contributed by atoms with E-state index in [-0.39, 0.29) is 0 Å². The summed E-state index contributed by atoms with van der Waals surface area (Å²) in [6.45, 7) is 5.27. The van der Waals surface area contributed by atoms with Gasteiger partial charge in [-0.1, -0.05) is 0 Å². The largest absolute Gasteiger partial charge is 0.434 e. The van der Waals surface area contributed by atoms with E-state index in [0.29, 0.717) is 31.1 Å². The molecule has 142 valence electrons. The Hall–Kier alpha value is -1.35. The van der Waals surface area contributed by atoms with Crippen molar-refractivity contribution < 1.29 is 17.9 Å². The van der Waals surface area contributed by atoms with Crippen LogP contribution < -0.4 is 5.32 Å². The summed E-state index contributed by atoms with van der Waals surface area (Å²) in [6.07, 6.45) is -1.45. The van der Waals surface area contributed by atoms with Crippen molar-refractivity contribution in [3.05, 3.63) is 16.1 Å². The highest BCUT2D eigenvalue weighted by molar-refractivity contribution is 7.09. The molecule has 5 nitrogen and oxygen atoms in total. The highest BCUT2D eigenvalue weighted by Crippen LogP contribution is 2.30. The van der Waals surface area contributed by atoms with E-state index in [2.05, 4.69) is 15.3 Å². The molecule has 1 aliphatic rings. The van der Waals surface area contributed by atoms with Crippen LogP contribution in [0.15, 0.2) is 10.4 Å². The highest BCUT2D eigenvalue weighted by Gasteiger charge is 2.33. The van der Waals surface area contributed by atoms with Gasteiger partial charge in [0.05, 0.1) is 11.6 Å². The average Bonchev–Trinajstić information content (AvgIpc) is 3.24. The second-order valence-electron chi connectivity index (χ2n) is 6.05. The van der Waals surface area contributed by atoms with Crippen molar-refractivity contribution >= 4 is 17.3 Å². The summed E-state index contributed by atoms with van der Waals surface area (Å²) in [5, 5.41) is 4.68. The molecule has 2 rings (SSSR count). The fraction of sp³-hybridized carbons (Fsp3) is 0.750. The van der Waals surface area contributed by atoms with Gasteiger partial charge < -0.3 is 15.0 Å². The molecule has 1 heterocycles. The minimum absolute atomic E-state index is 0.389. The number of hydrogen-bond donors (Lipinski definition) is 1. The van der Waals surface area contributed by atoms with Crippen molar-refractivity contribution in [2.75, 3.05) is 39.9 Å². The SMILES string of the molecule is CCNC(=NCCc1nc(C(F)(F)F)cs1)N(C)CCOCC1CC1. The molecule has 0 atom stereocenters. The van der Waals surface area contributed by atoms with E-state index >= 15 is 0 Å². The summed E-state index contributed by atoms with van der Waals surface area (Å²) in [5.74, 6) is 1.47. The normalized spacial score (nSPS) is 15.5. The second-order valence-corrected chi connectivity index (χ2v) is 6.99. The molecule has 0 aromatic carbocycles. The summed E-state index contributed by atoms with van der Waals surface area (Å²) in [4.78, 5) is 10.1. The summed E-state index contributed by atoms with van der Waals surface area (Å²) >= 11 is 1.02. The Balaban J connectivity index is 1.77. The van der Waals surface area contributed by atoms with E-state index in [0.717, 1.165) is 41.7 Å². The lowest BCUT2D eigenvalue weighted by molar-refractivity contribution is -0.140. The summed E-state index contributed by atoms with van der Waals surface area (Å²) in [6, 6.07) is 0. The Kier molecular flexibility index (Phi) is 7.49. The van der Waals surface area contributed by atoms with E-state index in [1.165, 1.54) is 12.8 Å². The van der Waals surface area contributed by atoms with Crippen LogP contribution in [0.1, 0.15) is 30.5 Å². The number of rotatable bonds is 9. The lowest BCUT2D eigenvalue weighted by Gasteiger charge is -2.22. The third-order valence-corrected chi connectivity index (χ3v) is 4.66. The Bertz CT molecular complexity index is 558. The summed E-state index contributed by atoms with van der Waals surface area (Å²) in [7, 11) is 1.92. The molecule has 1 saturated carbocycles. The van der Waals surface area contributed by atoms with Crippen LogP contribution in [-0.2, 0) is 17.3 Å². The number of thiazole rings is 1. The van der Waals surface area contributed by atoms with Crippen LogP contribution in [0.4, 0.5) is 13.2 Å². The molecule has 0 saturated heterocycles. The van der Waals surface area contributed by atoms with Crippen LogP contribution in [0.2, 0.25) is 0 Å². The number of nitrogens with zero attached hydrogens (tertiary/aromatic N) is 3. The number of aromatic nitrogens is 1. The molecule has 0 amide bonds. The second kappa shape index (κ2) is 9.38. The van der Waals surface area contributed by atoms with Crippen molar-refractivity contribution in [2.45, 2.75) is 32.4 Å². The maximum absolute atomic E-state index is 12.5. The minimum Gasteiger partial charge on any atom is -0.379 e. The third-order valence-electron chi connectivity index (χ3n) is 3.75. The Morgan fingerprint density at radius 2 is 2.24 bits per heavy atom. The zero-order valence-corrected chi connectivity index (χ0v) is 15.4. The van der Waals surface area contributed by atoms with Gasteiger partial charge in [-0.15, -0.1) is 11.3 Å². The smallest absolute Gasteiger partial charge is 0.379 e. The zero-order valence-electron chi connectivity index (χ0n) is 14.6. The van der Waals surface area contributed by atoms with Crippen molar-refractivity contribution in [2.24, 2.45) is 10.9 Å². The molecule has 25 heavy (non-hydrogen) atoms. The molecule has 0 spiro atoms. The van der Waals surface area contributed by atoms with E-state index < -0.39 is 11.9 Å². The number of likely N-dealkylation sites (N-methyl/N-ethyl adjacent to an activating group) is 1. The standard InChI is InChI=1S/C16H25F3N4OS/c1-3-20-15(23(2)8-9-24-10-12-4-5-12)21-7-6-14-22-13(11-25-14)16(17,18)19/h11-12H,3-10H2,1-2H3,(H,20,21). The van der Waals surface area contributed by atoms with Crippen molar-refractivity contribution in [3.63, 3.8) is 0 Å². The molecule has 0 aliphatic heterocycles. The Labute approximate surface area is 150 Å². The molecule has 1 aromatic heterocycles. The van der Waals surface area contributed by atoms with Gasteiger partial charge in [0.15, 0.2) is 11.7 Å². The number of hydrogen-bond acceptors (Lipinski definition) is 4. The Morgan fingerprint density at radius 1 is 1.48 bits per heavy atom. The molecule has 0 bridgehead atoms. The van der Waals surface area contributed by atoms with Gasteiger partial charge >= 0.3 is 6.18 Å². The number of aliphatic imine (C=N–C) groups is 1. The van der Waals surface area contributed by atoms with Crippen molar-refractivity contribution in [1.82, 2.24) is 15.2 Å². The highest BCUT2D eigenvalue weighted by atomic mass is 32.1. The molecule has 9 heteroatoms. The average molecular weight is 378 g/mol. The lowest BCUT2D eigenvalue weighted by atomic mass is 10.4. The van der Waals surface area contributed by atoms with Crippen LogP contribution >= 0.6 is 11.3 Å². The van der Waals surface area contributed by atoms with Gasteiger partial charge in [0.25, 0.3) is 0 Å². The molecular weight excluding hydrogens is 353 g/mol. The Morgan fingerprint density at radius 3 is 2.84 bits per heavy atom. The number of nitrogens with one attached hydrogen (secondary N) is 1. The zero-order chi connectivity index (χ0) is 18.3. The maximum Gasteiger partial charge on any atom is 0.434 e. The first kappa shape index (κ1) is 20.0. The van der Waals surface area contributed by atoms with Crippen molar-refractivity contribution in [3.8, 4) is 0 Å². The third kappa shape index (κ3) is 7.19. The molecule has 1 aliphatic carbocycles. The molecule has 0 unspecified atom stereocenters. The fourth-order valence-corrected chi connectivity index (χ4v) is 2.92. The van der Waals surface area contributed by atoms with Gasteiger partial charge in [0.1, 0.15) is 0 Å². The van der Waals surface area contributed by atoms with Crippen molar-refractivity contribution in [1.29, 1.82) is 0 Å². The summed E-state index contributed by atoms with van der Waals surface area (Å²) in [5.41, 5.74) is -0.826. The van der Waals surface area contributed by atoms with Crippen LogP contribution in [-0.4, -0.2) is 55.7 Å². The first-order chi connectivity index (χ1) is 11.9. The fourth-order valence-electron chi connectivity index (χ4n) is 2.12. The van der Waals surface area contributed by atoms with Gasteiger partial charge in [-0.2, -0.15) is 13.2 Å². The van der Waals surface area contributed by atoms with Gasteiger partial charge in [-0.25, -0.2) is 4.98 Å². The number of alkyl halides is 3. The maximum atomic E-state index is 12.5. The van der Waals surface area contributed by atoms with Crippen LogP contribution in [0.5, 0.6) is 0 Å². The minimum atomic E-state index is -4.38. The topological polar surface area (TPSA) is 49.8 Å². The predicted molar refractivity (Wildman–Crippen MR) is 93.0 cm³/mol. The van der Waals surface area contributed by atoms with Crippen LogP contribution in [0.25, 0.3) is 0 Å². The molecule has 1 fully saturated rings. The quantitative estimate of drug-likeness (QED) is 0.408. The van der Waals surface area contributed by atoms with Gasteiger partial charge in [-0.3, -0.25) is 4.99 Å². The van der Waals surface area contributed by atoms with E-state index in [1.807, 2.05) is 18.9 Å². The number of guanidine groups is 1.